The molecule has 1 aromatic carbocycles. The Bertz CT molecular complexity index is 708. The summed E-state index contributed by atoms with van der Waals surface area (Å²) in [5.74, 6) is -0.608. The van der Waals surface area contributed by atoms with Crippen molar-refractivity contribution in [2.75, 3.05) is 0 Å². The molecular formula is C15H16N6O2. The highest BCUT2D eigenvalue weighted by Gasteiger charge is 2.19. The van der Waals surface area contributed by atoms with Crippen LogP contribution in [0, 0.1) is 5.92 Å². The van der Waals surface area contributed by atoms with Crippen LogP contribution in [0.2, 0.25) is 0 Å². The molecule has 1 aliphatic rings. The zero-order valence-electron chi connectivity index (χ0n) is 12.3. The summed E-state index contributed by atoms with van der Waals surface area (Å²) in [5, 5.41) is 10.9. The lowest BCUT2D eigenvalue weighted by Gasteiger charge is -2.17. The lowest BCUT2D eigenvalue weighted by atomic mass is 9.94. The molecule has 0 saturated heterocycles. The fraction of sp³-hybridized carbons (Fsp3) is 0.267. The summed E-state index contributed by atoms with van der Waals surface area (Å²) in [6.45, 7) is 0. The van der Waals surface area contributed by atoms with Crippen LogP contribution in [-0.2, 0) is 4.79 Å². The zero-order chi connectivity index (χ0) is 16.1. The van der Waals surface area contributed by atoms with Gasteiger partial charge in [-0.25, -0.2) is 4.68 Å². The van der Waals surface area contributed by atoms with E-state index in [1.54, 1.807) is 24.3 Å². The Hall–Kier alpha value is -3.03. The van der Waals surface area contributed by atoms with E-state index in [4.69, 9.17) is 0 Å². The van der Waals surface area contributed by atoms with Gasteiger partial charge in [-0.2, -0.15) is 0 Å². The van der Waals surface area contributed by atoms with Gasteiger partial charge < -0.3 is 0 Å². The van der Waals surface area contributed by atoms with Gasteiger partial charge in [-0.05, 0) is 54.0 Å². The van der Waals surface area contributed by atoms with Gasteiger partial charge in [0.05, 0.1) is 5.69 Å². The van der Waals surface area contributed by atoms with Crippen molar-refractivity contribution in [2.45, 2.75) is 19.3 Å². The number of aromatic nitrogens is 4. The molecule has 3 rings (SSSR count). The van der Waals surface area contributed by atoms with E-state index in [-0.39, 0.29) is 17.7 Å². The van der Waals surface area contributed by atoms with E-state index in [0.29, 0.717) is 12.0 Å². The van der Waals surface area contributed by atoms with Crippen LogP contribution in [0.25, 0.3) is 5.69 Å². The van der Waals surface area contributed by atoms with Crippen molar-refractivity contribution >= 4 is 11.8 Å². The van der Waals surface area contributed by atoms with Gasteiger partial charge in [0.25, 0.3) is 5.91 Å². The lowest BCUT2D eigenvalue weighted by molar-refractivity contribution is -0.126. The largest absolute Gasteiger partial charge is 0.273 e. The number of allylic oxidation sites excluding steroid dienone is 2. The summed E-state index contributed by atoms with van der Waals surface area (Å²) >= 11 is 0. The summed E-state index contributed by atoms with van der Waals surface area (Å²) in [4.78, 5) is 24.0. The summed E-state index contributed by atoms with van der Waals surface area (Å²) in [7, 11) is 0. The van der Waals surface area contributed by atoms with Crippen molar-refractivity contribution in [1.29, 1.82) is 0 Å². The topological polar surface area (TPSA) is 102 Å². The molecule has 23 heavy (non-hydrogen) atoms. The number of tetrazole rings is 1. The van der Waals surface area contributed by atoms with Crippen LogP contribution in [0.3, 0.4) is 0 Å². The van der Waals surface area contributed by atoms with Crippen molar-refractivity contribution in [3.05, 3.63) is 48.3 Å². The van der Waals surface area contributed by atoms with Gasteiger partial charge in [-0.15, -0.1) is 5.10 Å². The second kappa shape index (κ2) is 6.82. The first-order chi connectivity index (χ1) is 11.2. The van der Waals surface area contributed by atoms with Crippen LogP contribution in [0.15, 0.2) is 42.7 Å². The first-order valence-electron chi connectivity index (χ1n) is 7.32. The molecule has 8 heteroatoms. The number of hydrazine groups is 1. The van der Waals surface area contributed by atoms with E-state index in [1.165, 1.54) is 11.0 Å². The molecule has 1 aromatic heterocycles. The molecule has 0 radical (unpaired) electrons. The first kappa shape index (κ1) is 14.9. The predicted molar refractivity (Wildman–Crippen MR) is 81.2 cm³/mol. The number of nitrogens with zero attached hydrogens (tertiary/aromatic N) is 4. The maximum atomic E-state index is 12.0. The Kier molecular flexibility index (Phi) is 4.41. The Morgan fingerprint density at radius 3 is 2.61 bits per heavy atom. The third-order valence-corrected chi connectivity index (χ3v) is 3.68. The molecule has 2 aromatic rings. The molecule has 2 N–H and O–H groups in total. The predicted octanol–water partition coefficient (Wildman–Crippen LogP) is 0.780. The summed E-state index contributed by atoms with van der Waals surface area (Å²) in [6, 6.07) is 6.72. The van der Waals surface area contributed by atoms with Crippen molar-refractivity contribution in [3.63, 3.8) is 0 Å². The van der Waals surface area contributed by atoms with Gasteiger partial charge >= 0.3 is 0 Å². The third-order valence-electron chi connectivity index (χ3n) is 3.68. The molecule has 0 aliphatic heterocycles. The minimum absolute atomic E-state index is 0.0810. The number of carbonyl (C=O) groups excluding carboxylic acids is 2. The average Bonchev–Trinajstić information content (AvgIpc) is 3.15. The number of hydrogen-bond donors (Lipinski definition) is 2. The summed E-state index contributed by atoms with van der Waals surface area (Å²) in [5.41, 5.74) is 6.10. The minimum atomic E-state index is -0.368. The van der Waals surface area contributed by atoms with Gasteiger partial charge in [0, 0.05) is 11.5 Å². The monoisotopic (exact) mass is 312 g/mol. The van der Waals surface area contributed by atoms with E-state index in [9.17, 15) is 9.59 Å². The average molecular weight is 312 g/mol. The summed E-state index contributed by atoms with van der Waals surface area (Å²) in [6.07, 6.45) is 7.93. The normalized spacial score (nSPS) is 16.8. The van der Waals surface area contributed by atoms with E-state index in [1.807, 2.05) is 6.08 Å². The van der Waals surface area contributed by atoms with Crippen molar-refractivity contribution in [3.8, 4) is 5.69 Å². The molecule has 0 bridgehead atoms. The standard InChI is InChI=1S/C15H16N6O2/c22-14(11-4-2-1-3-5-11)17-18-15(23)12-6-8-13(9-7-12)21-10-16-19-20-21/h1-2,6-11H,3-5H2,(H,17,22)(H,18,23). The van der Waals surface area contributed by atoms with Crippen molar-refractivity contribution < 1.29 is 9.59 Å². The molecule has 1 heterocycles. The second-order valence-corrected chi connectivity index (χ2v) is 5.23. The van der Waals surface area contributed by atoms with Gasteiger partial charge in [0.2, 0.25) is 5.91 Å². The van der Waals surface area contributed by atoms with Crippen LogP contribution in [0.4, 0.5) is 0 Å². The highest BCUT2D eigenvalue weighted by atomic mass is 16.2. The Balaban J connectivity index is 1.56. The molecular weight excluding hydrogens is 296 g/mol. The highest BCUT2D eigenvalue weighted by Crippen LogP contribution is 2.17. The molecule has 0 saturated carbocycles. The van der Waals surface area contributed by atoms with Gasteiger partial charge in [0.1, 0.15) is 6.33 Å². The van der Waals surface area contributed by atoms with Crippen LogP contribution in [0.5, 0.6) is 0 Å². The Morgan fingerprint density at radius 1 is 1.13 bits per heavy atom. The van der Waals surface area contributed by atoms with Crippen LogP contribution < -0.4 is 10.9 Å². The maximum Gasteiger partial charge on any atom is 0.269 e. The first-order valence-corrected chi connectivity index (χ1v) is 7.32. The number of nitrogens with one attached hydrogen (secondary N) is 2. The van der Waals surface area contributed by atoms with E-state index in [0.717, 1.165) is 18.5 Å². The van der Waals surface area contributed by atoms with Gasteiger partial charge in [-0.1, -0.05) is 12.2 Å². The van der Waals surface area contributed by atoms with E-state index in [2.05, 4.69) is 32.5 Å². The molecule has 118 valence electrons. The fourth-order valence-corrected chi connectivity index (χ4v) is 2.37. The van der Waals surface area contributed by atoms with E-state index < -0.39 is 0 Å². The van der Waals surface area contributed by atoms with Gasteiger partial charge in [0.15, 0.2) is 0 Å². The van der Waals surface area contributed by atoms with Crippen LogP contribution >= 0.6 is 0 Å². The molecule has 1 aliphatic carbocycles. The molecule has 1 atom stereocenters. The fourth-order valence-electron chi connectivity index (χ4n) is 2.37. The SMILES string of the molecule is O=C(NNC(=O)C1CC=CCC1)c1ccc(-n2cnnn2)cc1. The zero-order valence-corrected chi connectivity index (χ0v) is 12.3. The quantitative estimate of drug-likeness (QED) is 0.644. The molecule has 0 spiro atoms. The highest BCUT2D eigenvalue weighted by molar-refractivity contribution is 5.95. The van der Waals surface area contributed by atoms with Crippen molar-refractivity contribution in [1.82, 2.24) is 31.1 Å². The second-order valence-electron chi connectivity index (χ2n) is 5.23. The smallest absolute Gasteiger partial charge is 0.269 e. The number of rotatable bonds is 3. The number of amides is 2. The molecule has 1 unspecified atom stereocenters. The lowest BCUT2D eigenvalue weighted by Crippen LogP contribution is -2.44. The number of benzene rings is 1. The van der Waals surface area contributed by atoms with Gasteiger partial charge in [-0.3, -0.25) is 20.4 Å². The third kappa shape index (κ3) is 3.60. The summed E-state index contributed by atoms with van der Waals surface area (Å²) < 4.78 is 1.49. The number of carbonyl (C=O) groups is 2. The number of hydrogen-bond acceptors (Lipinski definition) is 5. The maximum absolute atomic E-state index is 12.0. The molecule has 2 amide bonds. The Morgan fingerprint density at radius 2 is 1.96 bits per heavy atom. The van der Waals surface area contributed by atoms with Crippen LogP contribution in [0.1, 0.15) is 29.6 Å². The Labute approximate surface area is 132 Å². The van der Waals surface area contributed by atoms with Crippen LogP contribution in [-0.4, -0.2) is 32.0 Å². The minimum Gasteiger partial charge on any atom is -0.273 e. The molecule has 8 nitrogen and oxygen atoms in total. The molecule has 0 fully saturated rings. The van der Waals surface area contributed by atoms with E-state index >= 15 is 0 Å². The van der Waals surface area contributed by atoms with Crippen molar-refractivity contribution in [2.24, 2.45) is 5.92 Å².